The van der Waals surface area contributed by atoms with Gasteiger partial charge in [0.05, 0.1) is 23.5 Å². The van der Waals surface area contributed by atoms with Gasteiger partial charge in [0, 0.05) is 26.7 Å². The van der Waals surface area contributed by atoms with Gasteiger partial charge in [0.1, 0.15) is 36.6 Å². The van der Waals surface area contributed by atoms with E-state index < -0.39 is 58.9 Å². The molecule has 1 saturated carbocycles. The first-order chi connectivity index (χ1) is 15.4. The zero-order chi connectivity index (χ0) is 24.3. The Morgan fingerprint density at radius 3 is 2.42 bits per heavy atom. The van der Waals surface area contributed by atoms with E-state index >= 15 is 0 Å². The van der Waals surface area contributed by atoms with Gasteiger partial charge >= 0.3 is 17.9 Å². The minimum Gasteiger partial charge on any atom is -0.465 e. The summed E-state index contributed by atoms with van der Waals surface area (Å²) in [5, 5.41) is 11.2. The minimum absolute atomic E-state index is 0.0617. The highest BCUT2D eigenvalue weighted by Gasteiger charge is 2.86. The topological polar surface area (TPSA) is 121 Å². The third kappa shape index (κ3) is 3.51. The molecule has 4 unspecified atom stereocenters. The summed E-state index contributed by atoms with van der Waals surface area (Å²) in [6, 6.07) is 0. The minimum atomic E-state index is -1.11. The van der Waals surface area contributed by atoms with Crippen molar-refractivity contribution in [2.75, 3.05) is 13.2 Å². The Hall–Kier alpha value is -1.97. The van der Waals surface area contributed by atoms with Crippen LogP contribution in [0, 0.1) is 16.7 Å². The predicted octanol–water partition coefficient (Wildman–Crippen LogP) is 1.69. The van der Waals surface area contributed by atoms with E-state index in [2.05, 4.69) is 0 Å². The van der Waals surface area contributed by atoms with Crippen molar-refractivity contribution < 1.29 is 43.2 Å². The van der Waals surface area contributed by atoms with Gasteiger partial charge in [-0.05, 0) is 18.4 Å². The Morgan fingerprint density at radius 1 is 1.21 bits per heavy atom. The highest BCUT2D eigenvalue weighted by molar-refractivity contribution is 5.70. The van der Waals surface area contributed by atoms with Crippen molar-refractivity contribution in [1.29, 1.82) is 0 Å². The predicted molar refractivity (Wildman–Crippen MR) is 114 cm³/mol. The fraction of sp³-hybridized carbons (Fsp3) is 0.792. The molecule has 184 valence electrons. The molecule has 9 heteroatoms. The normalized spacial score (nSPS) is 43.0. The molecule has 0 aromatic rings. The largest absolute Gasteiger partial charge is 0.465 e. The summed E-state index contributed by atoms with van der Waals surface area (Å²) in [5.74, 6) is -1.18. The Kier molecular flexibility index (Phi) is 5.90. The lowest BCUT2D eigenvalue weighted by atomic mass is 9.51. The molecule has 0 aromatic heterocycles. The molecule has 1 spiro atoms. The maximum Gasteiger partial charge on any atom is 0.306 e. The van der Waals surface area contributed by atoms with Gasteiger partial charge in [0.25, 0.3) is 0 Å². The molecule has 4 aliphatic rings. The van der Waals surface area contributed by atoms with Gasteiger partial charge in [-0.1, -0.05) is 26.8 Å². The van der Waals surface area contributed by atoms with E-state index in [1.165, 1.54) is 13.8 Å². The zero-order valence-electron chi connectivity index (χ0n) is 20.1. The van der Waals surface area contributed by atoms with E-state index in [1.54, 1.807) is 0 Å². The van der Waals surface area contributed by atoms with E-state index in [9.17, 15) is 19.5 Å². The highest BCUT2D eigenvalue weighted by atomic mass is 16.7. The van der Waals surface area contributed by atoms with Crippen LogP contribution in [-0.4, -0.2) is 72.3 Å². The number of carbonyl (C=O) groups excluding carboxylic acids is 3. The molecule has 2 aliphatic carbocycles. The van der Waals surface area contributed by atoms with Gasteiger partial charge in [-0.3, -0.25) is 14.4 Å². The summed E-state index contributed by atoms with van der Waals surface area (Å²) >= 11 is 0. The van der Waals surface area contributed by atoms with Gasteiger partial charge in [-0.25, -0.2) is 0 Å². The molecular weight excluding hydrogens is 432 g/mol. The third-order valence-corrected chi connectivity index (χ3v) is 8.00. The molecule has 0 aromatic carbocycles. The fourth-order valence-corrected chi connectivity index (χ4v) is 6.26. The molecule has 9 nitrogen and oxygen atoms in total. The molecule has 0 amide bonds. The van der Waals surface area contributed by atoms with Gasteiger partial charge in [0.2, 0.25) is 0 Å². The third-order valence-electron chi connectivity index (χ3n) is 8.00. The molecular formula is C24H34O9. The summed E-state index contributed by atoms with van der Waals surface area (Å²) in [7, 11) is 0. The van der Waals surface area contributed by atoms with Crippen LogP contribution in [0.1, 0.15) is 54.4 Å². The van der Waals surface area contributed by atoms with Crippen LogP contribution in [0.25, 0.3) is 0 Å². The Labute approximate surface area is 193 Å². The molecule has 0 radical (unpaired) electrons. The molecule has 2 aliphatic heterocycles. The highest BCUT2D eigenvalue weighted by Crippen LogP contribution is 2.72. The molecule has 2 heterocycles. The fourth-order valence-electron chi connectivity index (χ4n) is 6.26. The zero-order valence-corrected chi connectivity index (χ0v) is 20.1. The summed E-state index contributed by atoms with van der Waals surface area (Å²) in [4.78, 5) is 36.4. The Morgan fingerprint density at radius 2 is 1.88 bits per heavy atom. The van der Waals surface area contributed by atoms with Crippen molar-refractivity contribution in [1.82, 2.24) is 0 Å². The summed E-state index contributed by atoms with van der Waals surface area (Å²) in [6.07, 6.45) is -1.46. The summed E-state index contributed by atoms with van der Waals surface area (Å²) in [6.45, 7) is 10.5. The number of rotatable bonds is 6. The number of aliphatic hydroxyl groups is 1. The van der Waals surface area contributed by atoms with Crippen LogP contribution in [0.15, 0.2) is 11.6 Å². The summed E-state index contributed by atoms with van der Waals surface area (Å²) < 4.78 is 29.4. The van der Waals surface area contributed by atoms with Crippen LogP contribution in [0.5, 0.6) is 0 Å². The smallest absolute Gasteiger partial charge is 0.306 e. The summed E-state index contributed by atoms with van der Waals surface area (Å²) in [5.41, 5.74) is -2.00. The number of epoxide rings is 1. The molecule has 3 fully saturated rings. The maximum absolute atomic E-state index is 12.5. The van der Waals surface area contributed by atoms with E-state index in [0.717, 1.165) is 5.57 Å². The van der Waals surface area contributed by atoms with Crippen molar-refractivity contribution in [3.8, 4) is 0 Å². The maximum atomic E-state index is 12.5. The first-order valence-electron chi connectivity index (χ1n) is 11.5. The van der Waals surface area contributed by atoms with Crippen molar-refractivity contribution in [2.24, 2.45) is 16.7 Å². The second kappa shape index (κ2) is 8.06. The Bertz CT molecular complexity index is 875. The first-order valence-corrected chi connectivity index (χ1v) is 11.5. The molecule has 4 rings (SSSR count). The molecule has 2 saturated heterocycles. The molecule has 8 atom stereocenters. The van der Waals surface area contributed by atoms with Crippen LogP contribution in [0.2, 0.25) is 0 Å². The molecule has 2 bridgehead atoms. The van der Waals surface area contributed by atoms with E-state index in [-0.39, 0.29) is 31.3 Å². The number of carbonyl (C=O) groups is 3. The van der Waals surface area contributed by atoms with Crippen LogP contribution < -0.4 is 0 Å². The lowest BCUT2D eigenvalue weighted by Crippen LogP contribution is -2.68. The number of aliphatic hydroxyl groups excluding tert-OH is 1. The van der Waals surface area contributed by atoms with Gasteiger partial charge in [-0.15, -0.1) is 0 Å². The SMILES string of the molecule is CC(=O)OCC12CC(OC(=O)CC(C)C)C(C)=CC1OC1[C@H](O)[C@@H](OC(C)=O)[C@]2(C)[C@]12CO2. The Balaban J connectivity index is 1.79. The van der Waals surface area contributed by atoms with Crippen LogP contribution in [0.4, 0.5) is 0 Å². The molecule has 33 heavy (non-hydrogen) atoms. The monoisotopic (exact) mass is 466 g/mol. The number of fused-ring (bicyclic) bond motifs is 2. The van der Waals surface area contributed by atoms with Crippen LogP contribution in [0.3, 0.4) is 0 Å². The standard InChI is InChI=1S/C24H34O9/c1-12(2)7-18(27)32-16-9-23(10-29-14(4)25)17(8-13(16)3)33-21-19(28)20(31-15(5)26)22(23,6)24(21)11-30-24/h8,12,16-17,19-21,28H,7,9-11H2,1-6H3/t16?,17?,19-,20-,21?,22+,23?,24+/m1/s1. The average Bonchev–Trinajstić information content (AvgIpc) is 3.48. The van der Waals surface area contributed by atoms with Gasteiger partial charge in [-0.2, -0.15) is 0 Å². The second-order valence-electron chi connectivity index (χ2n) is 10.5. The number of hydrogen-bond acceptors (Lipinski definition) is 9. The van der Waals surface area contributed by atoms with Crippen molar-refractivity contribution in [3.63, 3.8) is 0 Å². The van der Waals surface area contributed by atoms with Crippen LogP contribution >= 0.6 is 0 Å². The molecule has 1 N–H and O–H groups in total. The lowest BCUT2D eigenvalue weighted by molar-refractivity contribution is -0.241. The van der Waals surface area contributed by atoms with Crippen molar-refractivity contribution in [2.45, 2.75) is 90.5 Å². The lowest BCUT2D eigenvalue weighted by Gasteiger charge is -2.58. The van der Waals surface area contributed by atoms with E-state index in [4.69, 9.17) is 23.7 Å². The van der Waals surface area contributed by atoms with E-state index in [0.29, 0.717) is 6.61 Å². The van der Waals surface area contributed by atoms with E-state index in [1.807, 2.05) is 33.8 Å². The van der Waals surface area contributed by atoms with Crippen LogP contribution in [-0.2, 0) is 38.1 Å². The first kappa shape index (κ1) is 24.2. The number of esters is 3. The average molecular weight is 467 g/mol. The second-order valence-corrected chi connectivity index (χ2v) is 10.5. The quantitative estimate of drug-likeness (QED) is 0.270. The van der Waals surface area contributed by atoms with Gasteiger partial charge < -0.3 is 28.8 Å². The van der Waals surface area contributed by atoms with Crippen molar-refractivity contribution >= 4 is 17.9 Å². The van der Waals surface area contributed by atoms with Gasteiger partial charge in [0.15, 0.2) is 0 Å². The van der Waals surface area contributed by atoms with Crippen molar-refractivity contribution in [3.05, 3.63) is 11.6 Å². The number of hydrogen-bond donors (Lipinski definition) is 1. The number of ether oxygens (including phenoxy) is 5.